The van der Waals surface area contributed by atoms with Gasteiger partial charge in [0.2, 0.25) is 11.8 Å². The molecule has 1 fully saturated rings. The van der Waals surface area contributed by atoms with Gasteiger partial charge in [-0.15, -0.1) is 12.4 Å². The van der Waals surface area contributed by atoms with Gasteiger partial charge in [-0.1, -0.05) is 37.6 Å². The largest absolute Gasteiger partial charge is 0.478 e. The van der Waals surface area contributed by atoms with Crippen molar-refractivity contribution in [1.82, 2.24) is 9.97 Å². The minimum atomic E-state index is -4.17. The molecular formula is C27H33ClN4O5S. The number of anilines is 1. The van der Waals surface area contributed by atoms with Crippen LogP contribution in [0.2, 0.25) is 0 Å². The molecule has 9 nitrogen and oxygen atoms in total. The average molecular weight is 561 g/mol. The molecule has 1 aliphatic carbocycles. The Morgan fingerprint density at radius 1 is 1.13 bits per heavy atom. The fourth-order valence-corrected chi connectivity index (χ4v) is 5.72. The van der Waals surface area contributed by atoms with Gasteiger partial charge in [-0.2, -0.15) is 4.98 Å². The number of carboxylic acids is 1. The molecule has 0 amide bonds. The van der Waals surface area contributed by atoms with Crippen LogP contribution >= 0.6 is 12.4 Å². The van der Waals surface area contributed by atoms with E-state index in [0.717, 1.165) is 42.0 Å². The van der Waals surface area contributed by atoms with Gasteiger partial charge in [0, 0.05) is 17.7 Å². The van der Waals surface area contributed by atoms with Crippen LogP contribution in [0.25, 0.3) is 11.3 Å². The van der Waals surface area contributed by atoms with Crippen LogP contribution in [-0.4, -0.2) is 42.1 Å². The van der Waals surface area contributed by atoms with E-state index in [0.29, 0.717) is 5.69 Å². The number of aryl methyl sites for hydroxylation is 2. The summed E-state index contributed by atoms with van der Waals surface area (Å²) in [5.41, 5.74) is 9.69. The summed E-state index contributed by atoms with van der Waals surface area (Å²) in [7, 11) is -4.17. The number of aromatic carboxylic acids is 1. The van der Waals surface area contributed by atoms with Crippen molar-refractivity contribution in [2.75, 3.05) is 11.3 Å². The number of ether oxygens (including phenoxy) is 1. The summed E-state index contributed by atoms with van der Waals surface area (Å²) in [6.07, 6.45) is 4.36. The standard InChI is InChI=1S/C27H32N4O5S.ClH/c1-17-7-4-8-18(2)24(17)22-14-23(36-16-20(28)15-27(3)11-6-12-27)30-26(29-22)31-37(34,35)21-10-5-9-19(13-21)25(32)33;/h4-5,7-10,13-14,20H,6,11-12,15-16,28H2,1-3H3,(H,32,33)(H,29,30,31);1H/t20-;/m1./s1. The van der Waals surface area contributed by atoms with Crippen LogP contribution in [0.5, 0.6) is 5.88 Å². The summed E-state index contributed by atoms with van der Waals surface area (Å²) in [5, 5.41) is 9.24. The van der Waals surface area contributed by atoms with Crippen molar-refractivity contribution in [1.29, 1.82) is 0 Å². The van der Waals surface area contributed by atoms with Crippen LogP contribution in [0.4, 0.5) is 5.95 Å². The van der Waals surface area contributed by atoms with Gasteiger partial charge in [0.1, 0.15) is 6.61 Å². The van der Waals surface area contributed by atoms with Crippen molar-refractivity contribution in [2.24, 2.45) is 11.1 Å². The zero-order valence-corrected chi connectivity index (χ0v) is 23.2. The smallest absolute Gasteiger partial charge is 0.335 e. The summed E-state index contributed by atoms with van der Waals surface area (Å²) in [5.74, 6) is -1.22. The molecule has 4 N–H and O–H groups in total. The van der Waals surface area contributed by atoms with Crippen LogP contribution in [0.1, 0.15) is 54.1 Å². The minimum absolute atomic E-state index is 0. The average Bonchev–Trinajstić information content (AvgIpc) is 2.81. The molecule has 0 spiro atoms. The second-order valence-corrected chi connectivity index (χ2v) is 11.7. The van der Waals surface area contributed by atoms with Crippen molar-refractivity contribution in [3.05, 3.63) is 65.2 Å². The maximum Gasteiger partial charge on any atom is 0.335 e. The van der Waals surface area contributed by atoms with Crippen molar-refractivity contribution >= 4 is 34.3 Å². The number of sulfonamides is 1. The van der Waals surface area contributed by atoms with Gasteiger partial charge in [-0.25, -0.2) is 22.9 Å². The quantitative estimate of drug-likeness (QED) is 0.315. The topological polar surface area (TPSA) is 144 Å². The Morgan fingerprint density at radius 3 is 2.39 bits per heavy atom. The van der Waals surface area contributed by atoms with E-state index in [1.165, 1.54) is 24.6 Å². The van der Waals surface area contributed by atoms with Crippen LogP contribution in [-0.2, 0) is 10.0 Å². The predicted octanol–water partition coefficient (Wildman–Crippen LogP) is 4.97. The highest BCUT2D eigenvalue weighted by molar-refractivity contribution is 7.92. The first kappa shape index (κ1) is 29.3. The van der Waals surface area contributed by atoms with Crippen molar-refractivity contribution in [2.45, 2.75) is 57.4 Å². The Hall–Kier alpha value is -3.21. The lowest BCUT2D eigenvalue weighted by atomic mass is 9.67. The molecule has 38 heavy (non-hydrogen) atoms. The number of hydrogen-bond acceptors (Lipinski definition) is 7. The molecule has 4 rings (SSSR count). The molecule has 1 aliphatic rings. The van der Waals surface area contributed by atoms with Crippen molar-refractivity contribution < 1.29 is 23.1 Å². The van der Waals surface area contributed by atoms with Gasteiger partial charge < -0.3 is 15.6 Å². The van der Waals surface area contributed by atoms with E-state index in [1.807, 2.05) is 32.0 Å². The fraction of sp³-hybridized carbons (Fsp3) is 0.370. The second kappa shape index (κ2) is 11.7. The van der Waals surface area contributed by atoms with Crippen LogP contribution in [0.3, 0.4) is 0 Å². The molecule has 0 aliphatic heterocycles. The molecule has 11 heteroatoms. The highest BCUT2D eigenvalue weighted by Crippen LogP contribution is 2.43. The number of carbonyl (C=O) groups is 1. The van der Waals surface area contributed by atoms with Crippen molar-refractivity contribution in [3.63, 3.8) is 0 Å². The third kappa shape index (κ3) is 6.80. The summed E-state index contributed by atoms with van der Waals surface area (Å²) in [4.78, 5) is 19.9. The molecule has 1 aromatic heterocycles. The number of nitrogens with two attached hydrogens (primary N) is 1. The van der Waals surface area contributed by atoms with E-state index in [9.17, 15) is 18.3 Å². The molecule has 1 atom stereocenters. The van der Waals surface area contributed by atoms with Gasteiger partial charge in [0.05, 0.1) is 16.2 Å². The predicted molar refractivity (Wildman–Crippen MR) is 148 cm³/mol. The molecule has 1 heterocycles. The number of rotatable bonds is 10. The maximum absolute atomic E-state index is 13.1. The Labute approximate surface area is 229 Å². The van der Waals surface area contributed by atoms with E-state index in [1.54, 1.807) is 6.07 Å². The van der Waals surface area contributed by atoms with E-state index in [4.69, 9.17) is 10.5 Å². The van der Waals surface area contributed by atoms with Crippen molar-refractivity contribution in [3.8, 4) is 17.1 Å². The van der Waals surface area contributed by atoms with E-state index >= 15 is 0 Å². The second-order valence-electron chi connectivity index (χ2n) is 10.1. The molecular weight excluding hydrogens is 528 g/mol. The lowest BCUT2D eigenvalue weighted by Crippen LogP contribution is -2.37. The Balaban J connectivity index is 0.00000400. The third-order valence-corrected chi connectivity index (χ3v) is 8.14. The number of halogens is 1. The van der Waals surface area contributed by atoms with E-state index in [-0.39, 0.29) is 52.8 Å². The molecule has 204 valence electrons. The lowest BCUT2D eigenvalue weighted by Gasteiger charge is -2.40. The summed E-state index contributed by atoms with van der Waals surface area (Å²) in [6.45, 7) is 6.35. The van der Waals surface area contributed by atoms with E-state index < -0.39 is 16.0 Å². The molecule has 0 radical (unpaired) electrons. The summed E-state index contributed by atoms with van der Waals surface area (Å²) in [6, 6.07) is 12.4. The number of hydrogen-bond donors (Lipinski definition) is 3. The Morgan fingerprint density at radius 2 is 1.79 bits per heavy atom. The molecule has 0 saturated heterocycles. The lowest BCUT2D eigenvalue weighted by molar-refractivity contribution is 0.0696. The molecule has 2 aromatic carbocycles. The number of nitrogens with zero attached hydrogens (tertiary/aromatic N) is 2. The monoisotopic (exact) mass is 560 g/mol. The van der Waals surface area contributed by atoms with Gasteiger partial charge in [-0.05, 0) is 67.9 Å². The first-order valence-electron chi connectivity index (χ1n) is 12.2. The zero-order chi connectivity index (χ0) is 26.8. The highest BCUT2D eigenvalue weighted by atomic mass is 35.5. The number of benzene rings is 2. The summed E-state index contributed by atoms with van der Waals surface area (Å²) >= 11 is 0. The summed E-state index contributed by atoms with van der Waals surface area (Å²) < 4.78 is 34.5. The number of carboxylic acid groups (broad SMARTS) is 1. The fourth-order valence-electron chi connectivity index (χ4n) is 4.74. The van der Waals surface area contributed by atoms with Crippen LogP contribution in [0, 0.1) is 19.3 Å². The van der Waals surface area contributed by atoms with Crippen LogP contribution < -0.4 is 15.2 Å². The van der Waals surface area contributed by atoms with Gasteiger partial charge in [0.15, 0.2) is 0 Å². The Kier molecular flexibility index (Phi) is 9.01. The SMILES string of the molecule is Cc1cccc(C)c1-c1cc(OC[C@H](N)CC2(C)CCC2)nc(NS(=O)(=O)c2cccc(C(=O)O)c2)n1.Cl. The first-order valence-corrected chi connectivity index (χ1v) is 13.6. The normalized spacial score (nSPS) is 15.1. The zero-order valence-electron chi connectivity index (χ0n) is 21.6. The molecule has 0 unspecified atom stereocenters. The first-order chi connectivity index (χ1) is 17.5. The third-order valence-electron chi connectivity index (χ3n) is 6.82. The number of aromatic nitrogens is 2. The molecule has 0 bridgehead atoms. The van der Waals surface area contributed by atoms with Gasteiger partial charge >= 0.3 is 5.97 Å². The van der Waals surface area contributed by atoms with Gasteiger partial charge in [0.25, 0.3) is 10.0 Å². The molecule has 1 saturated carbocycles. The molecule has 3 aromatic rings. The Bertz CT molecular complexity index is 1410. The van der Waals surface area contributed by atoms with Crippen LogP contribution in [0.15, 0.2) is 53.4 Å². The van der Waals surface area contributed by atoms with E-state index in [2.05, 4.69) is 21.6 Å². The minimum Gasteiger partial charge on any atom is -0.478 e. The number of nitrogens with one attached hydrogen (secondary N) is 1. The highest BCUT2D eigenvalue weighted by Gasteiger charge is 2.33. The van der Waals surface area contributed by atoms with Gasteiger partial charge in [-0.3, -0.25) is 0 Å². The maximum atomic E-state index is 13.1.